The van der Waals surface area contributed by atoms with Gasteiger partial charge in [0, 0.05) is 42.4 Å². The Morgan fingerprint density at radius 2 is 1.12 bits per heavy atom. The van der Waals surface area contributed by atoms with E-state index in [0.29, 0.717) is 208 Å². The molecule has 2 aromatic rings. The van der Waals surface area contributed by atoms with Gasteiger partial charge in [-0.25, -0.2) is 4.39 Å². The third kappa shape index (κ3) is 28.3. The maximum absolute atomic E-state index is 17.9. The van der Waals surface area contributed by atoms with Crippen LogP contribution in [0, 0.1) is 22.7 Å². The highest BCUT2D eigenvalue weighted by Crippen LogP contribution is 2.72. The molecule has 1 heterocycles. The molecule has 2 aromatic carbocycles. The zero-order chi connectivity index (χ0) is 79.8. The van der Waals surface area contributed by atoms with Crippen molar-refractivity contribution in [3.05, 3.63) is 94.6 Å². The predicted octanol–water partition coefficient (Wildman–Crippen LogP) is 3.97. The van der Waals surface area contributed by atoms with E-state index in [-0.39, 0.29) is 62.6 Å². The molecule has 12 atom stereocenters. The minimum absolute atomic E-state index is 0.0546. The Morgan fingerprint density at radius 3 is 1.66 bits per heavy atom. The number of hydrogen-bond acceptors (Lipinski definition) is 25. The van der Waals surface area contributed by atoms with Gasteiger partial charge in [0.1, 0.15) is 31.5 Å². The summed E-state index contributed by atoms with van der Waals surface area (Å²) < 4.78 is 108. The summed E-state index contributed by atoms with van der Waals surface area (Å²) in [4.78, 5) is 91.0. The zero-order valence-electron chi connectivity index (χ0n) is 65.1. The molecule has 4 fully saturated rings. The van der Waals surface area contributed by atoms with E-state index in [4.69, 9.17) is 75.8 Å². The molecule has 0 bridgehead atoms. The minimum atomic E-state index is -2.11. The van der Waals surface area contributed by atoms with Crippen LogP contribution < -0.4 is 26.6 Å². The summed E-state index contributed by atoms with van der Waals surface area (Å²) in [6.07, 6.45) is 3.95. The van der Waals surface area contributed by atoms with Gasteiger partial charge < -0.3 is 113 Å². The van der Waals surface area contributed by atoms with Gasteiger partial charge in [-0.05, 0) is 107 Å². The fraction of sp³-hybridized carbons (Fsp3) is 0.709. The lowest BCUT2D eigenvalue weighted by Crippen LogP contribution is -2.69. The van der Waals surface area contributed by atoms with Crippen LogP contribution in [0.4, 0.5) is 4.39 Å². The third-order valence-corrected chi connectivity index (χ3v) is 21.2. The number of benzene rings is 2. The Labute approximate surface area is 659 Å². The number of amides is 5. The number of fused-ring (bicyclic) bond motifs is 7. The first-order chi connectivity index (χ1) is 53.7. The van der Waals surface area contributed by atoms with Crippen molar-refractivity contribution in [1.29, 1.82) is 0 Å². The van der Waals surface area contributed by atoms with Crippen molar-refractivity contribution in [1.82, 2.24) is 26.6 Å². The van der Waals surface area contributed by atoms with Crippen LogP contribution in [0.3, 0.4) is 0 Å². The number of unbranched alkanes of at least 4 members (excludes halogenated alkanes) is 1. The second kappa shape index (κ2) is 49.9. The molecule has 1 aliphatic heterocycles. The molecule has 5 aliphatic rings. The first kappa shape index (κ1) is 92.5. The van der Waals surface area contributed by atoms with Crippen molar-refractivity contribution in [3.8, 4) is 0 Å². The van der Waals surface area contributed by atoms with Crippen LogP contribution in [0.5, 0.6) is 0 Å². The molecule has 624 valence electrons. The Morgan fingerprint density at radius 1 is 0.613 bits per heavy atom. The number of carbonyl (C=O) groups is 7. The fourth-order valence-corrected chi connectivity index (χ4v) is 15.1. The number of hydrogen-bond donors (Lipinski definition) is 7. The van der Waals surface area contributed by atoms with Gasteiger partial charge in [-0.15, -0.1) is 0 Å². The highest BCUT2D eigenvalue weighted by Gasteiger charge is 2.79. The fourth-order valence-electron chi connectivity index (χ4n) is 15.0. The maximum atomic E-state index is 17.9. The molecule has 4 aliphatic carbocycles. The quantitative estimate of drug-likeness (QED) is 0.0280. The van der Waals surface area contributed by atoms with Crippen LogP contribution in [0.15, 0.2) is 72.3 Å². The van der Waals surface area contributed by atoms with Gasteiger partial charge in [0.05, 0.1) is 189 Å². The summed E-state index contributed by atoms with van der Waals surface area (Å²) in [5.74, 6) is -4.31. The maximum Gasteiger partial charge on any atom is 0.244 e. The number of ketones is 2. The number of ether oxygens (including phenoxy) is 16. The van der Waals surface area contributed by atoms with Crippen molar-refractivity contribution < 1.29 is 124 Å². The van der Waals surface area contributed by atoms with E-state index in [0.717, 1.165) is 16.7 Å². The number of methoxy groups -OCH3 is 1. The number of Topliss-reactive ketones (excluding diaryl/α,β-unsaturated/α-hetero) is 1. The van der Waals surface area contributed by atoms with Crippen molar-refractivity contribution in [2.24, 2.45) is 22.7 Å². The van der Waals surface area contributed by atoms with Crippen molar-refractivity contribution in [2.75, 3.05) is 197 Å². The van der Waals surface area contributed by atoms with Crippen molar-refractivity contribution >= 4 is 57.0 Å². The summed E-state index contributed by atoms with van der Waals surface area (Å²) in [6, 6.07) is 12.2. The largest absolute Gasteiger partial charge is 0.390 e. The lowest BCUT2D eigenvalue weighted by atomic mass is 9.44. The molecular weight excluding hydrogens is 1520 g/mol. The van der Waals surface area contributed by atoms with Crippen molar-refractivity contribution in [2.45, 2.75) is 140 Å². The van der Waals surface area contributed by atoms with Crippen LogP contribution in [-0.2, 0) is 122 Å². The molecule has 0 radical (unpaired) electrons. The molecule has 3 saturated carbocycles. The van der Waals surface area contributed by atoms with Gasteiger partial charge in [-0.1, -0.05) is 83.0 Å². The number of aliphatic hydroxyl groups is 2. The molecule has 1 saturated heterocycles. The summed E-state index contributed by atoms with van der Waals surface area (Å²) in [7, 11) is 1.63. The van der Waals surface area contributed by atoms with Gasteiger partial charge >= 0.3 is 0 Å². The standard InChI is InChI=1S/C79H119BrFN5O25/c1-56(72(93)83-55-109-54-60-12-8-10-58(47-60)46-59-11-9-13-61(48-59)75-110-69-50-65-64-16-15-62-49-63(88)17-19-76(62,3)78(64,81)67(89)51-77(65,4)79(69,111-75)68(90)53-87)84-73(94)57(2)85-74(95)66(86-71(92)52-80)14-6-7-20-82-70(91)18-21-97-24-25-99-28-29-101-32-33-103-36-37-105-40-41-107-44-45-108-43-42-106-39-38-104-35-34-102-31-30-100-27-26-98-23-22-96-5/h8-13,17,19,47-49,56-57,64-67,69,75,87,89H,6-7,14-16,18,20-46,50-55H2,1-5H3,(H,82,91)(H,83,93)(H,84,94)(H,85,95)(H,86,92)/t56-,57-,64-,65-,66-,67-,69+,75+,76-,77-,78-,79+/m0/s1. The molecule has 111 heavy (non-hydrogen) atoms. The Bertz CT molecular complexity index is 3230. The lowest BCUT2D eigenvalue weighted by molar-refractivity contribution is -0.231. The summed E-state index contributed by atoms with van der Waals surface area (Å²) in [6.45, 7) is 17.2. The predicted molar refractivity (Wildman–Crippen MR) is 405 cm³/mol. The van der Waals surface area contributed by atoms with Gasteiger partial charge in [0.2, 0.25) is 29.5 Å². The first-order valence-corrected chi connectivity index (χ1v) is 39.8. The van der Waals surface area contributed by atoms with Crippen LogP contribution in [-0.4, -0.2) is 290 Å². The highest BCUT2D eigenvalue weighted by molar-refractivity contribution is 9.09. The zero-order valence-corrected chi connectivity index (χ0v) is 66.7. The first-order valence-electron chi connectivity index (χ1n) is 38.7. The molecule has 7 N–H and O–H groups in total. The number of carbonyl (C=O) groups excluding carboxylic acids is 7. The van der Waals surface area contributed by atoms with E-state index >= 15 is 4.39 Å². The Hall–Kier alpha value is -5.70. The molecule has 0 unspecified atom stereocenters. The topological polar surface area (TPSA) is 368 Å². The van der Waals surface area contributed by atoms with Crippen molar-refractivity contribution in [3.63, 3.8) is 0 Å². The average molecular weight is 1640 g/mol. The number of rotatable bonds is 60. The molecule has 7 rings (SSSR count). The SMILES string of the molecule is COCCOCCOCCOCCOCCOCCOCCOCCOCCOCCOCCOCCOCCC(=O)NCCCC[C@H](NC(=O)CBr)C(=O)N[C@@H](C)C(=O)N[C@@H](C)C(=O)NCOCc1cccc(Cc2cccc([C@@H]3O[C@@H]4C[C@H]5[C@@H]6CCC7=CC(=O)C=C[C@]7(C)[C@@]6(F)[C@@H](O)C[C@]5(C)[C@]4(C(=O)CO)O3)c2)c1. The van der Waals surface area contributed by atoms with E-state index in [1.807, 2.05) is 55.5 Å². The molecular formula is C79H119BrFN5O25. The molecule has 0 aromatic heterocycles. The third-order valence-electron chi connectivity index (χ3n) is 20.7. The second-order valence-corrected chi connectivity index (χ2v) is 28.9. The van der Waals surface area contributed by atoms with E-state index in [9.17, 15) is 43.8 Å². The van der Waals surface area contributed by atoms with Gasteiger partial charge in [0.25, 0.3) is 0 Å². The molecule has 30 nitrogen and oxygen atoms in total. The second-order valence-electron chi connectivity index (χ2n) is 28.3. The number of allylic oxidation sites excluding steroid dienone is 4. The summed E-state index contributed by atoms with van der Waals surface area (Å²) in [5.41, 5.74) is -2.09. The lowest BCUT2D eigenvalue weighted by Gasteiger charge is -2.62. The Balaban J connectivity index is 0.656. The number of alkyl halides is 2. The Kier molecular flexibility index (Phi) is 41.6. The van der Waals surface area contributed by atoms with Gasteiger partial charge in [-0.3, -0.25) is 33.6 Å². The summed E-state index contributed by atoms with van der Waals surface area (Å²) in [5, 5.41) is 35.8. The van der Waals surface area contributed by atoms with Crippen LogP contribution in [0.2, 0.25) is 0 Å². The minimum Gasteiger partial charge on any atom is -0.390 e. The highest BCUT2D eigenvalue weighted by atomic mass is 79.9. The van der Waals surface area contributed by atoms with E-state index in [1.54, 1.807) is 20.1 Å². The average Bonchev–Trinajstić information content (AvgIpc) is 1.52. The number of halogens is 2. The smallest absolute Gasteiger partial charge is 0.244 e. The van der Waals surface area contributed by atoms with Crippen LogP contribution >= 0.6 is 15.9 Å². The monoisotopic (exact) mass is 1640 g/mol. The van der Waals surface area contributed by atoms with Crippen LogP contribution in [0.25, 0.3) is 0 Å². The molecule has 5 amide bonds. The normalized spacial score (nSPS) is 23.8. The van der Waals surface area contributed by atoms with Crippen LogP contribution in [0.1, 0.15) is 108 Å². The molecule has 32 heteroatoms. The summed E-state index contributed by atoms with van der Waals surface area (Å²) >= 11 is 3.11. The van der Waals surface area contributed by atoms with Gasteiger partial charge in [-0.2, -0.15) is 0 Å². The van der Waals surface area contributed by atoms with E-state index in [1.165, 1.54) is 26.0 Å². The number of nitrogens with one attached hydrogen (secondary N) is 5. The number of aliphatic hydroxyl groups excluding tert-OH is 2. The molecule has 0 spiro atoms. The van der Waals surface area contributed by atoms with E-state index < -0.39 is 107 Å². The van der Waals surface area contributed by atoms with Gasteiger partial charge in [0.15, 0.2) is 29.1 Å². The van der Waals surface area contributed by atoms with E-state index in [2.05, 4.69) is 42.5 Å².